The number of hydrogen-bond donors (Lipinski definition) is 0. The van der Waals surface area contributed by atoms with Gasteiger partial charge in [0, 0.05) is 31.7 Å². The van der Waals surface area contributed by atoms with Crippen LogP contribution in [0.5, 0.6) is 5.75 Å². The van der Waals surface area contributed by atoms with E-state index >= 15 is 0 Å². The summed E-state index contributed by atoms with van der Waals surface area (Å²) in [5.74, 6) is 0.536. The summed E-state index contributed by atoms with van der Waals surface area (Å²) in [7, 11) is 1.56. The number of methoxy groups -OCH3 is 1. The van der Waals surface area contributed by atoms with Gasteiger partial charge in [0.15, 0.2) is 0 Å². The summed E-state index contributed by atoms with van der Waals surface area (Å²) in [6.07, 6.45) is 0. The molecule has 148 valence electrons. The lowest BCUT2D eigenvalue weighted by atomic mass is 9.86. The first-order chi connectivity index (χ1) is 13.3. The van der Waals surface area contributed by atoms with Crippen LogP contribution in [0.4, 0.5) is 0 Å². The van der Waals surface area contributed by atoms with E-state index in [1.165, 1.54) is 5.56 Å². The fraction of sp³-hybridized carbons (Fsp3) is 0.391. The molecule has 0 N–H and O–H groups in total. The Morgan fingerprint density at radius 3 is 1.89 bits per heavy atom. The second-order valence-electron chi connectivity index (χ2n) is 8.11. The second-order valence-corrected chi connectivity index (χ2v) is 8.11. The molecule has 5 nitrogen and oxygen atoms in total. The van der Waals surface area contributed by atoms with E-state index in [0.29, 0.717) is 43.1 Å². The number of ether oxygens (including phenoxy) is 1. The molecule has 1 aliphatic heterocycles. The number of nitrogens with zero attached hydrogens (tertiary/aromatic N) is 2. The third-order valence-corrected chi connectivity index (χ3v) is 5.19. The fourth-order valence-electron chi connectivity index (χ4n) is 3.40. The molecule has 0 aromatic heterocycles. The monoisotopic (exact) mass is 380 g/mol. The van der Waals surface area contributed by atoms with E-state index in [0.717, 1.165) is 0 Å². The van der Waals surface area contributed by atoms with Crippen molar-refractivity contribution in [2.24, 2.45) is 0 Å². The quantitative estimate of drug-likeness (QED) is 0.818. The van der Waals surface area contributed by atoms with Crippen molar-refractivity contribution in [2.45, 2.75) is 26.2 Å². The molecule has 3 rings (SSSR count). The Balaban J connectivity index is 1.63. The Morgan fingerprint density at radius 2 is 1.36 bits per heavy atom. The average Bonchev–Trinajstić information content (AvgIpc) is 2.72. The summed E-state index contributed by atoms with van der Waals surface area (Å²) in [5, 5.41) is 0. The molecule has 1 aliphatic rings. The zero-order chi connectivity index (χ0) is 20.3. The van der Waals surface area contributed by atoms with Crippen molar-refractivity contribution in [3.8, 4) is 5.75 Å². The smallest absolute Gasteiger partial charge is 0.257 e. The minimum atomic E-state index is -0.0564. The van der Waals surface area contributed by atoms with Crippen molar-refractivity contribution >= 4 is 11.8 Å². The van der Waals surface area contributed by atoms with Gasteiger partial charge < -0.3 is 14.5 Å². The maximum absolute atomic E-state index is 12.8. The molecule has 0 radical (unpaired) electrons. The number of hydrogen-bond acceptors (Lipinski definition) is 3. The predicted octanol–water partition coefficient (Wildman–Crippen LogP) is 3.59. The van der Waals surface area contributed by atoms with Gasteiger partial charge in [-0.3, -0.25) is 9.59 Å². The Kier molecular flexibility index (Phi) is 5.73. The van der Waals surface area contributed by atoms with Gasteiger partial charge in [0.1, 0.15) is 5.75 Å². The number of piperazine rings is 1. The van der Waals surface area contributed by atoms with Gasteiger partial charge in [0.05, 0.1) is 12.7 Å². The largest absolute Gasteiger partial charge is 0.496 e. The standard InChI is InChI=1S/C23H28N2O3/c1-23(2,3)18-11-9-17(10-12-18)21(26)24-13-15-25(16-14-24)22(27)19-7-5-6-8-20(19)28-4/h5-12H,13-16H2,1-4H3. The van der Waals surface area contributed by atoms with Crippen LogP contribution in [0.2, 0.25) is 0 Å². The van der Waals surface area contributed by atoms with Gasteiger partial charge in [-0.25, -0.2) is 0 Å². The Hall–Kier alpha value is -2.82. The van der Waals surface area contributed by atoms with Gasteiger partial charge in [-0.2, -0.15) is 0 Å². The lowest BCUT2D eigenvalue weighted by molar-refractivity contribution is 0.0533. The Bertz CT molecular complexity index is 845. The number of carbonyl (C=O) groups excluding carboxylic acids is 2. The Morgan fingerprint density at radius 1 is 0.821 bits per heavy atom. The van der Waals surface area contributed by atoms with Crippen molar-refractivity contribution in [1.82, 2.24) is 9.80 Å². The van der Waals surface area contributed by atoms with Crippen LogP contribution in [0.15, 0.2) is 48.5 Å². The van der Waals surface area contributed by atoms with Gasteiger partial charge in [0.25, 0.3) is 11.8 Å². The maximum Gasteiger partial charge on any atom is 0.257 e. The molecule has 0 saturated carbocycles. The summed E-state index contributed by atoms with van der Waals surface area (Å²) >= 11 is 0. The van der Waals surface area contributed by atoms with Crippen molar-refractivity contribution in [2.75, 3.05) is 33.3 Å². The number of benzene rings is 2. The van der Waals surface area contributed by atoms with Gasteiger partial charge >= 0.3 is 0 Å². The number of rotatable bonds is 3. The second kappa shape index (κ2) is 8.05. The molecule has 1 heterocycles. The molecule has 0 unspecified atom stereocenters. The Labute approximate surface area is 166 Å². The van der Waals surface area contributed by atoms with Crippen molar-refractivity contribution in [1.29, 1.82) is 0 Å². The fourth-order valence-corrected chi connectivity index (χ4v) is 3.40. The van der Waals surface area contributed by atoms with Gasteiger partial charge in [0.2, 0.25) is 0 Å². The number of para-hydroxylation sites is 1. The van der Waals surface area contributed by atoms with E-state index in [1.54, 1.807) is 24.1 Å². The minimum Gasteiger partial charge on any atom is -0.496 e. The van der Waals surface area contributed by atoms with Crippen molar-refractivity contribution in [3.63, 3.8) is 0 Å². The molecular weight excluding hydrogens is 352 g/mol. The highest BCUT2D eigenvalue weighted by molar-refractivity contribution is 5.97. The molecule has 0 atom stereocenters. The normalized spacial score (nSPS) is 14.7. The zero-order valence-electron chi connectivity index (χ0n) is 17.1. The first-order valence-electron chi connectivity index (χ1n) is 9.63. The minimum absolute atomic E-state index is 0.0184. The van der Waals surface area contributed by atoms with Crippen LogP contribution in [0.25, 0.3) is 0 Å². The van der Waals surface area contributed by atoms with Crippen LogP contribution in [-0.2, 0) is 5.41 Å². The summed E-state index contributed by atoms with van der Waals surface area (Å²) in [6.45, 7) is 8.55. The van der Waals surface area contributed by atoms with Crippen molar-refractivity contribution < 1.29 is 14.3 Å². The third kappa shape index (κ3) is 4.19. The summed E-state index contributed by atoms with van der Waals surface area (Å²) in [6, 6.07) is 15.1. The molecule has 0 bridgehead atoms. The summed E-state index contributed by atoms with van der Waals surface area (Å²) < 4.78 is 5.30. The van der Waals surface area contributed by atoms with E-state index in [1.807, 2.05) is 41.3 Å². The molecule has 28 heavy (non-hydrogen) atoms. The first kappa shape index (κ1) is 19.9. The molecule has 5 heteroatoms. The number of amides is 2. The van der Waals surface area contributed by atoms with E-state index in [4.69, 9.17) is 4.74 Å². The first-order valence-corrected chi connectivity index (χ1v) is 9.63. The summed E-state index contributed by atoms with van der Waals surface area (Å²) in [5.41, 5.74) is 2.52. The molecule has 1 fully saturated rings. The van der Waals surface area contributed by atoms with Crippen LogP contribution in [0.3, 0.4) is 0 Å². The third-order valence-electron chi connectivity index (χ3n) is 5.19. The van der Waals surface area contributed by atoms with Gasteiger partial charge in [-0.1, -0.05) is 45.0 Å². The van der Waals surface area contributed by atoms with E-state index in [2.05, 4.69) is 20.8 Å². The highest BCUT2D eigenvalue weighted by Gasteiger charge is 2.27. The maximum atomic E-state index is 12.8. The van der Waals surface area contributed by atoms with E-state index < -0.39 is 0 Å². The molecule has 1 saturated heterocycles. The van der Waals surface area contributed by atoms with Crippen molar-refractivity contribution in [3.05, 3.63) is 65.2 Å². The topological polar surface area (TPSA) is 49.9 Å². The summed E-state index contributed by atoms with van der Waals surface area (Å²) in [4.78, 5) is 29.2. The van der Waals surface area contributed by atoms with Crippen LogP contribution < -0.4 is 4.74 Å². The van der Waals surface area contributed by atoms with Crippen LogP contribution in [-0.4, -0.2) is 54.9 Å². The van der Waals surface area contributed by atoms with Crippen LogP contribution >= 0.6 is 0 Å². The van der Waals surface area contributed by atoms with E-state index in [9.17, 15) is 9.59 Å². The molecule has 0 aliphatic carbocycles. The predicted molar refractivity (Wildman–Crippen MR) is 110 cm³/mol. The van der Waals surface area contributed by atoms with Gasteiger partial charge in [-0.05, 0) is 35.2 Å². The zero-order valence-corrected chi connectivity index (χ0v) is 17.1. The molecule has 0 spiro atoms. The SMILES string of the molecule is COc1ccccc1C(=O)N1CCN(C(=O)c2ccc(C(C)(C)C)cc2)CC1. The van der Waals surface area contributed by atoms with Gasteiger partial charge in [-0.15, -0.1) is 0 Å². The highest BCUT2D eigenvalue weighted by Crippen LogP contribution is 2.23. The molecule has 2 aromatic carbocycles. The number of carbonyl (C=O) groups is 2. The van der Waals surface area contributed by atoms with Crippen LogP contribution in [0, 0.1) is 0 Å². The van der Waals surface area contributed by atoms with E-state index in [-0.39, 0.29) is 17.2 Å². The van der Waals surface area contributed by atoms with Crippen LogP contribution in [0.1, 0.15) is 47.1 Å². The lowest BCUT2D eigenvalue weighted by Gasteiger charge is -2.35. The average molecular weight is 380 g/mol. The molecule has 2 aromatic rings. The highest BCUT2D eigenvalue weighted by atomic mass is 16.5. The lowest BCUT2D eigenvalue weighted by Crippen LogP contribution is -2.50. The molecule has 2 amide bonds. The molecular formula is C23H28N2O3.